The van der Waals surface area contributed by atoms with Gasteiger partial charge in [0.05, 0.1) is 6.10 Å². The molecule has 45 heavy (non-hydrogen) atoms. The normalized spacial score (nSPS) is 39.7. The summed E-state index contributed by atoms with van der Waals surface area (Å²) >= 11 is 0. The lowest BCUT2D eigenvalue weighted by Crippen LogP contribution is -2.60. The van der Waals surface area contributed by atoms with E-state index < -0.39 is 60.8 Å². The van der Waals surface area contributed by atoms with Crippen LogP contribution in [0.2, 0.25) is 0 Å². The molecule has 10 atom stereocenters. The molecule has 15 heteroatoms. The molecule has 3 saturated carbocycles. The standard InChI is InChI=1S/C30H50O12S3/c1-18(9-10-19(2)27(3,4)5)20-11-13-30(8)22-15-24(40-43(31,32)33)23-16-25(41-44(34,35)36)26(42-45(37,38)39)17-28(23,6)21(22)12-14-29(20,30)7/h12,18,20,22-26H,2,9-11,13-17H2,1,3-8H3,(H,31,32,33)(H,34,35,36)(H,37,38,39)/t18-,20-,22?,23-,24+,25+,26+,28-,29-,30+/m1/s1. The zero-order valence-electron chi connectivity index (χ0n) is 27.2. The van der Waals surface area contributed by atoms with E-state index in [-0.39, 0.29) is 41.4 Å². The van der Waals surface area contributed by atoms with Gasteiger partial charge in [-0.1, -0.05) is 72.3 Å². The Morgan fingerprint density at radius 1 is 0.911 bits per heavy atom. The molecule has 0 amide bonds. The topological polar surface area (TPSA) is 191 Å². The number of fused-ring (bicyclic) bond motifs is 5. The molecule has 0 aliphatic heterocycles. The maximum atomic E-state index is 12.1. The summed E-state index contributed by atoms with van der Waals surface area (Å²) in [5.41, 5.74) is 0.724. The summed E-state index contributed by atoms with van der Waals surface area (Å²) in [4.78, 5) is 0. The lowest BCUT2D eigenvalue weighted by molar-refractivity contribution is -0.122. The molecule has 3 fully saturated rings. The highest BCUT2D eigenvalue weighted by Crippen LogP contribution is 2.72. The predicted octanol–water partition coefficient (Wildman–Crippen LogP) is 5.76. The van der Waals surface area contributed by atoms with E-state index in [0.29, 0.717) is 11.8 Å². The summed E-state index contributed by atoms with van der Waals surface area (Å²) in [6.45, 7) is 19.4. The van der Waals surface area contributed by atoms with Crippen LogP contribution in [0.4, 0.5) is 0 Å². The van der Waals surface area contributed by atoms with E-state index in [0.717, 1.165) is 37.7 Å². The molecule has 0 saturated heterocycles. The maximum Gasteiger partial charge on any atom is 0.397 e. The quantitative estimate of drug-likeness (QED) is 0.185. The average Bonchev–Trinajstić information content (AvgIpc) is 3.11. The number of hydrogen-bond donors (Lipinski definition) is 3. The second kappa shape index (κ2) is 11.9. The van der Waals surface area contributed by atoms with Gasteiger partial charge in [-0.05, 0) is 96.7 Å². The zero-order valence-corrected chi connectivity index (χ0v) is 29.7. The summed E-state index contributed by atoms with van der Waals surface area (Å²) in [5, 5.41) is 0. The van der Waals surface area contributed by atoms with Gasteiger partial charge in [-0.3, -0.25) is 13.7 Å². The van der Waals surface area contributed by atoms with Crippen LogP contribution in [-0.4, -0.2) is 57.2 Å². The summed E-state index contributed by atoms with van der Waals surface area (Å²) in [6, 6.07) is 0. The van der Waals surface area contributed by atoms with Crippen LogP contribution in [-0.2, 0) is 43.7 Å². The van der Waals surface area contributed by atoms with Gasteiger partial charge in [-0.2, -0.15) is 25.3 Å². The first-order valence-electron chi connectivity index (χ1n) is 15.6. The number of rotatable bonds is 10. The zero-order chi connectivity index (χ0) is 34.2. The third-order valence-corrected chi connectivity index (χ3v) is 13.8. The number of hydrogen-bond acceptors (Lipinski definition) is 9. The summed E-state index contributed by atoms with van der Waals surface area (Å²) < 4.78 is 115. The largest absolute Gasteiger partial charge is 0.397 e. The van der Waals surface area contributed by atoms with Crippen molar-refractivity contribution in [3.8, 4) is 0 Å². The van der Waals surface area contributed by atoms with Crippen LogP contribution in [0.3, 0.4) is 0 Å². The SMILES string of the molecule is C=C(CC[C@@H](C)[C@H]1CC[C@@]2(C)C3C[C@H](OS(=O)(=O)O)[C@H]4C[C@H](OS(=O)(=O)O)[C@@H](OS(=O)(=O)O)C[C@]4(C)C3=CC[C@]12C)C(C)(C)C. The molecule has 4 aliphatic carbocycles. The van der Waals surface area contributed by atoms with Gasteiger partial charge in [0.25, 0.3) is 0 Å². The molecule has 4 rings (SSSR count). The minimum atomic E-state index is -5.09. The Balaban J connectivity index is 1.75. The molecule has 0 aromatic rings. The fourth-order valence-corrected chi connectivity index (χ4v) is 11.1. The first-order valence-corrected chi connectivity index (χ1v) is 19.7. The molecule has 260 valence electrons. The molecule has 0 aromatic carbocycles. The summed E-state index contributed by atoms with van der Waals surface area (Å²) in [7, 11) is -15.1. The fourth-order valence-electron chi connectivity index (χ4n) is 9.58. The Kier molecular flexibility index (Phi) is 9.76. The van der Waals surface area contributed by atoms with Gasteiger partial charge in [0.2, 0.25) is 0 Å². The highest BCUT2D eigenvalue weighted by Gasteiger charge is 2.66. The Labute approximate surface area is 269 Å². The van der Waals surface area contributed by atoms with Crippen LogP contribution in [0, 0.1) is 45.3 Å². The molecule has 0 heterocycles. The van der Waals surface area contributed by atoms with Gasteiger partial charge < -0.3 is 0 Å². The highest BCUT2D eigenvalue weighted by atomic mass is 32.3. The van der Waals surface area contributed by atoms with Crippen molar-refractivity contribution in [1.29, 1.82) is 0 Å². The van der Waals surface area contributed by atoms with Gasteiger partial charge >= 0.3 is 31.2 Å². The van der Waals surface area contributed by atoms with E-state index >= 15 is 0 Å². The van der Waals surface area contributed by atoms with Crippen molar-refractivity contribution < 1.29 is 51.5 Å². The molecule has 4 aliphatic rings. The minimum Gasteiger partial charge on any atom is -0.264 e. The Morgan fingerprint density at radius 2 is 1.44 bits per heavy atom. The van der Waals surface area contributed by atoms with E-state index in [9.17, 15) is 38.9 Å². The van der Waals surface area contributed by atoms with Gasteiger partial charge in [-0.25, -0.2) is 12.5 Å². The van der Waals surface area contributed by atoms with Crippen molar-refractivity contribution >= 4 is 31.2 Å². The molecular weight excluding hydrogens is 649 g/mol. The average molecular weight is 699 g/mol. The second-order valence-corrected chi connectivity index (χ2v) is 18.8. The third kappa shape index (κ3) is 7.41. The van der Waals surface area contributed by atoms with E-state index in [1.165, 1.54) is 5.57 Å². The smallest absolute Gasteiger partial charge is 0.264 e. The monoisotopic (exact) mass is 698 g/mol. The Bertz CT molecular complexity index is 1530. The third-order valence-electron chi connectivity index (χ3n) is 12.3. The van der Waals surface area contributed by atoms with Crippen molar-refractivity contribution in [2.45, 2.75) is 118 Å². The first kappa shape index (κ1) is 36.9. The van der Waals surface area contributed by atoms with Crippen molar-refractivity contribution in [1.82, 2.24) is 0 Å². The Morgan fingerprint density at radius 3 is 1.98 bits per heavy atom. The van der Waals surface area contributed by atoms with E-state index in [1.807, 2.05) is 6.92 Å². The van der Waals surface area contributed by atoms with Crippen LogP contribution in [0.15, 0.2) is 23.8 Å². The lowest BCUT2D eigenvalue weighted by Gasteiger charge is -2.63. The van der Waals surface area contributed by atoms with Crippen molar-refractivity contribution in [3.05, 3.63) is 23.8 Å². The molecule has 0 bridgehead atoms. The van der Waals surface area contributed by atoms with Crippen molar-refractivity contribution in [3.63, 3.8) is 0 Å². The minimum absolute atomic E-state index is 0.0226. The van der Waals surface area contributed by atoms with Gasteiger partial charge in [0.15, 0.2) is 0 Å². The summed E-state index contributed by atoms with van der Waals surface area (Å²) in [6.07, 6.45) is 2.13. The summed E-state index contributed by atoms with van der Waals surface area (Å²) in [5.74, 6) is -0.226. The molecule has 12 nitrogen and oxygen atoms in total. The van der Waals surface area contributed by atoms with Crippen LogP contribution in [0.5, 0.6) is 0 Å². The van der Waals surface area contributed by atoms with Crippen molar-refractivity contribution in [2.75, 3.05) is 0 Å². The van der Waals surface area contributed by atoms with E-state index in [4.69, 9.17) is 12.5 Å². The molecule has 0 radical (unpaired) electrons. The van der Waals surface area contributed by atoms with Crippen LogP contribution in [0.25, 0.3) is 0 Å². The van der Waals surface area contributed by atoms with Gasteiger partial charge in [-0.15, -0.1) is 0 Å². The first-order chi connectivity index (χ1) is 20.2. The van der Waals surface area contributed by atoms with E-state index in [2.05, 4.69) is 54.2 Å². The van der Waals surface area contributed by atoms with Gasteiger partial charge in [0, 0.05) is 0 Å². The van der Waals surface area contributed by atoms with E-state index in [1.54, 1.807) is 0 Å². The lowest BCUT2D eigenvalue weighted by atomic mass is 9.43. The van der Waals surface area contributed by atoms with Crippen LogP contribution >= 0.6 is 0 Å². The predicted molar refractivity (Wildman–Crippen MR) is 167 cm³/mol. The Hall–Kier alpha value is -0.910. The molecule has 3 N–H and O–H groups in total. The van der Waals surface area contributed by atoms with Crippen molar-refractivity contribution in [2.24, 2.45) is 45.3 Å². The number of allylic oxidation sites excluding steroid dienone is 3. The van der Waals surface area contributed by atoms with Gasteiger partial charge in [0.1, 0.15) is 12.2 Å². The molecule has 1 unspecified atom stereocenters. The molecule has 0 aromatic heterocycles. The second-order valence-electron chi connectivity index (χ2n) is 15.7. The van der Waals surface area contributed by atoms with Crippen LogP contribution < -0.4 is 0 Å². The van der Waals surface area contributed by atoms with Crippen LogP contribution in [0.1, 0.15) is 99.8 Å². The highest BCUT2D eigenvalue weighted by molar-refractivity contribution is 7.81. The maximum absolute atomic E-state index is 12.1. The fraction of sp³-hybridized carbons (Fsp3) is 0.867. The molecule has 0 spiro atoms. The molecular formula is C30H50O12S3.